The van der Waals surface area contributed by atoms with Gasteiger partial charge >= 0.3 is 0 Å². The highest BCUT2D eigenvalue weighted by Crippen LogP contribution is 2.34. The maximum absolute atomic E-state index is 12.9. The highest BCUT2D eigenvalue weighted by Gasteiger charge is 2.24. The summed E-state index contributed by atoms with van der Waals surface area (Å²) in [6.07, 6.45) is 0. The zero-order valence-corrected chi connectivity index (χ0v) is 14.9. The topological polar surface area (TPSA) is 108 Å². The van der Waals surface area contributed by atoms with E-state index < -0.39 is 0 Å². The first-order chi connectivity index (χ1) is 13.5. The number of amides is 1. The summed E-state index contributed by atoms with van der Waals surface area (Å²) in [5.74, 6) is -0.405. The minimum Gasteiger partial charge on any atom is -0.508 e. The summed E-state index contributed by atoms with van der Waals surface area (Å²) >= 11 is 0. The van der Waals surface area contributed by atoms with Gasteiger partial charge in [-0.15, -0.1) is 0 Å². The Morgan fingerprint density at radius 2 is 1.71 bits per heavy atom. The molecule has 0 atom stereocenters. The van der Waals surface area contributed by atoms with Crippen LogP contribution in [0.5, 0.6) is 17.2 Å². The van der Waals surface area contributed by atoms with Gasteiger partial charge in [0.05, 0.1) is 24.6 Å². The van der Waals surface area contributed by atoms with Gasteiger partial charge in [-0.3, -0.25) is 4.79 Å². The van der Waals surface area contributed by atoms with Crippen molar-refractivity contribution in [3.8, 4) is 34.2 Å². The largest absolute Gasteiger partial charge is 0.508 e. The van der Waals surface area contributed by atoms with Gasteiger partial charge in [-0.05, 0) is 30.3 Å². The molecule has 2 heterocycles. The van der Waals surface area contributed by atoms with Crippen LogP contribution in [0, 0.1) is 0 Å². The SMILES string of the molecule is O=C(c1cc(-c2ccc(O)cc2O)n(-c2cccc(O)c2)n1)N1CCOCC1. The van der Waals surface area contributed by atoms with E-state index >= 15 is 0 Å². The average molecular weight is 381 g/mol. The van der Waals surface area contributed by atoms with Crippen molar-refractivity contribution in [3.05, 3.63) is 54.2 Å². The zero-order valence-electron chi connectivity index (χ0n) is 14.9. The van der Waals surface area contributed by atoms with Crippen LogP contribution in [0.15, 0.2) is 48.5 Å². The maximum atomic E-state index is 12.9. The van der Waals surface area contributed by atoms with Crippen molar-refractivity contribution in [1.29, 1.82) is 0 Å². The van der Waals surface area contributed by atoms with E-state index in [0.717, 1.165) is 0 Å². The number of benzene rings is 2. The molecule has 1 aliphatic heterocycles. The lowest BCUT2D eigenvalue weighted by Crippen LogP contribution is -2.40. The molecule has 0 unspecified atom stereocenters. The predicted octanol–water partition coefficient (Wildman–Crippen LogP) is 2.13. The molecule has 2 aromatic carbocycles. The summed E-state index contributed by atoms with van der Waals surface area (Å²) in [5, 5.41) is 34.2. The molecule has 0 bridgehead atoms. The Morgan fingerprint density at radius 1 is 0.964 bits per heavy atom. The van der Waals surface area contributed by atoms with E-state index in [1.54, 1.807) is 29.2 Å². The lowest BCUT2D eigenvalue weighted by atomic mass is 10.1. The molecule has 1 amide bonds. The van der Waals surface area contributed by atoms with Gasteiger partial charge in [0.25, 0.3) is 5.91 Å². The predicted molar refractivity (Wildman–Crippen MR) is 101 cm³/mol. The van der Waals surface area contributed by atoms with Crippen LogP contribution >= 0.6 is 0 Å². The molecule has 144 valence electrons. The van der Waals surface area contributed by atoms with E-state index in [1.165, 1.54) is 28.9 Å². The normalized spacial score (nSPS) is 14.2. The van der Waals surface area contributed by atoms with E-state index in [0.29, 0.717) is 43.2 Å². The maximum Gasteiger partial charge on any atom is 0.274 e. The molecule has 0 spiro atoms. The number of hydrogen-bond donors (Lipinski definition) is 3. The van der Waals surface area contributed by atoms with Gasteiger partial charge in [0, 0.05) is 30.8 Å². The first kappa shape index (κ1) is 17.9. The molecule has 0 aliphatic carbocycles. The van der Waals surface area contributed by atoms with Crippen molar-refractivity contribution in [1.82, 2.24) is 14.7 Å². The first-order valence-electron chi connectivity index (χ1n) is 8.82. The van der Waals surface area contributed by atoms with E-state index in [4.69, 9.17) is 4.74 Å². The van der Waals surface area contributed by atoms with E-state index in [-0.39, 0.29) is 28.8 Å². The van der Waals surface area contributed by atoms with Crippen LogP contribution in [0.4, 0.5) is 0 Å². The van der Waals surface area contributed by atoms with Gasteiger partial charge in [-0.1, -0.05) is 6.07 Å². The summed E-state index contributed by atoms with van der Waals surface area (Å²) in [6, 6.07) is 12.2. The second kappa shape index (κ2) is 7.24. The lowest BCUT2D eigenvalue weighted by molar-refractivity contribution is 0.0298. The zero-order chi connectivity index (χ0) is 19.7. The number of ether oxygens (including phenoxy) is 1. The Hall–Kier alpha value is -3.52. The number of carbonyl (C=O) groups excluding carboxylic acids is 1. The average Bonchev–Trinajstić information content (AvgIpc) is 3.13. The molecule has 0 saturated carbocycles. The number of phenolic OH excluding ortho intramolecular Hbond substituents is 3. The second-order valence-corrected chi connectivity index (χ2v) is 6.45. The smallest absolute Gasteiger partial charge is 0.274 e. The molecule has 0 radical (unpaired) electrons. The lowest BCUT2D eigenvalue weighted by Gasteiger charge is -2.25. The number of morpholine rings is 1. The molecule has 1 fully saturated rings. The first-order valence-corrected chi connectivity index (χ1v) is 8.82. The summed E-state index contributed by atoms with van der Waals surface area (Å²) in [7, 11) is 0. The molecule has 3 N–H and O–H groups in total. The number of aromatic nitrogens is 2. The number of carbonyl (C=O) groups is 1. The van der Waals surface area contributed by atoms with Crippen molar-refractivity contribution in [3.63, 3.8) is 0 Å². The van der Waals surface area contributed by atoms with Crippen molar-refractivity contribution in [2.45, 2.75) is 0 Å². The van der Waals surface area contributed by atoms with Crippen molar-refractivity contribution in [2.24, 2.45) is 0 Å². The van der Waals surface area contributed by atoms with Gasteiger partial charge < -0.3 is 25.0 Å². The molecule has 1 aromatic heterocycles. The minimum atomic E-state index is -0.235. The molecule has 28 heavy (non-hydrogen) atoms. The fraction of sp³-hybridized carbons (Fsp3) is 0.200. The molecular formula is C20H19N3O5. The monoisotopic (exact) mass is 381 g/mol. The van der Waals surface area contributed by atoms with Crippen LogP contribution < -0.4 is 0 Å². The van der Waals surface area contributed by atoms with Gasteiger partial charge in [-0.25, -0.2) is 4.68 Å². The van der Waals surface area contributed by atoms with E-state index in [2.05, 4.69) is 5.10 Å². The molecule has 1 saturated heterocycles. The Morgan fingerprint density at radius 3 is 2.43 bits per heavy atom. The number of phenols is 3. The van der Waals surface area contributed by atoms with Gasteiger partial charge in [0.1, 0.15) is 17.2 Å². The number of hydrogen-bond acceptors (Lipinski definition) is 6. The van der Waals surface area contributed by atoms with Crippen molar-refractivity contribution >= 4 is 5.91 Å². The number of rotatable bonds is 3. The van der Waals surface area contributed by atoms with Crippen LogP contribution in [0.1, 0.15) is 10.5 Å². The Bertz CT molecular complexity index is 1020. The van der Waals surface area contributed by atoms with Crippen LogP contribution in [0.25, 0.3) is 16.9 Å². The summed E-state index contributed by atoms with van der Waals surface area (Å²) in [5.41, 5.74) is 1.60. The van der Waals surface area contributed by atoms with Crippen molar-refractivity contribution in [2.75, 3.05) is 26.3 Å². The van der Waals surface area contributed by atoms with Crippen LogP contribution in [-0.2, 0) is 4.74 Å². The van der Waals surface area contributed by atoms with Gasteiger partial charge in [-0.2, -0.15) is 5.10 Å². The summed E-state index contributed by atoms with van der Waals surface area (Å²) in [4.78, 5) is 14.5. The number of nitrogens with zero attached hydrogens (tertiary/aromatic N) is 3. The van der Waals surface area contributed by atoms with Gasteiger partial charge in [0.2, 0.25) is 0 Å². The second-order valence-electron chi connectivity index (χ2n) is 6.45. The van der Waals surface area contributed by atoms with Gasteiger partial charge in [0.15, 0.2) is 5.69 Å². The Kier molecular flexibility index (Phi) is 4.62. The molecule has 1 aliphatic rings. The fourth-order valence-electron chi connectivity index (χ4n) is 3.16. The third-order valence-electron chi connectivity index (χ3n) is 4.56. The molecule has 8 nitrogen and oxygen atoms in total. The minimum absolute atomic E-state index is 0.0509. The standard InChI is InChI=1S/C20H19N3O5/c24-14-3-1-2-13(10-14)23-18(16-5-4-15(25)11-19(16)26)12-17(21-23)20(27)22-6-8-28-9-7-22/h1-5,10-12,24-26H,6-9H2. The fourth-order valence-corrected chi connectivity index (χ4v) is 3.16. The third-order valence-corrected chi connectivity index (χ3v) is 4.56. The van der Waals surface area contributed by atoms with Crippen LogP contribution in [-0.4, -0.2) is 62.2 Å². The quantitative estimate of drug-likeness (QED) is 0.641. The van der Waals surface area contributed by atoms with Crippen LogP contribution in [0.3, 0.4) is 0 Å². The van der Waals surface area contributed by atoms with Crippen LogP contribution in [0.2, 0.25) is 0 Å². The number of aromatic hydroxyl groups is 3. The van der Waals surface area contributed by atoms with Crippen molar-refractivity contribution < 1.29 is 24.9 Å². The van der Waals surface area contributed by atoms with E-state index in [1.807, 2.05) is 0 Å². The van der Waals surface area contributed by atoms with E-state index in [9.17, 15) is 20.1 Å². The highest BCUT2D eigenvalue weighted by molar-refractivity contribution is 5.94. The Labute approximate surface area is 160 Å². The third kappa shape index (κ3) is 3.37. The summed E-state index contributed by atoms with van der Waals surface area (Å²) in [6.45, 7) is 1.92. The summed E-state index contributed by atoms with van der Waals surface area (Å²) < 4.78 is 6.78. The highest BCUT2D eigenvalue weighted by atomic mass is 16.5. The molecule has 8 heteroatoms. The molecule has 3 aromatic rings. The Balaban J connectivity index is 1.83. The molecular weight excluding hydrogens is 362 g/mol. The molecule has 4 rings (SSSR count).